The van der Waals surface area contributed by atoms with E-state index in [0.29, 0.717) is 12.1 Å². The Balaban J connectivity index is 1.86. The maximum Gasteiger partial charge on any atom is 0.0315 e. The van der Waals surface area contributed by atoms with E-state index < -0.39 is 0 Å². The van der Waals surface area contributed by atoms with Gasteiger partial charge < -0.3 is 5.32 Å². The van der Waals surface area contributed by atoms with Crippen molar-refractivity contribution in [1.29, 1.82) is 0 Å². The summed E-state index contributed by atoms with van der Waals surface area (Å²) in [6.45, 7) is 7.00. The van der Waals surface area contributed by atoms with Gasteiger partial charge in [-0.15, -0.1) is 0 Å². The molecule has 0 radical (unpaired) electrons. The van der Waals surface area contributed by atoms with Crippen LogP contribution >= 0.6 is 0 Å². The normalized spacial score (nSPS) is 26.1. The largest absolute Gasteiger partial charge is 0.307 e. The summed E-state index contributed by atoms with van der Waals surface area (Å²) in [5, 5.41) is 3.79. The predicted molar refractivity (Wildman–Crippen MR) is 81.0 cm³/mol. The molecule has 1 saturated carbocycles. The summed E-state index contributed by atoms with van der Waals surface area (Å²) in [5.41, 5.74) is 1.30. The lowest BCUT2D eigenvalue weighted by atomic mass is 9.89. The highest BCUT2D eigenvalue weighted by Gasteiger charge is 2.22. The Kier molecular flexibility index (Phi) is 5.38. The van der Waals surface area contributed by atoms with Crippen LogP contribution in [0, 0.1) is 11.8 Å². The van der Waals surface area contributed by atoms with Crippen molar-refractivity contribution >= 4 is 0 Å². The van der Waals surface area contributed by atoms with Gasteiger partial charge in [0.05, 0.1) is 0 Å². The van der Waals surface area contributed by atoms with Gasteiger partial charge in [0.25, 0.3) is 0 Å². The molecule has 0 aliphatic heterocycles. The summed E-state index contributed by atoms with van der Waals surface area (Å²) in [6.07, 6.45) is 10.6. The standard InChI is InChI=1S/C17H28N2/c1-13(2)15-6-4-8-17(10-9-15)19-14(3)16-7-5-11-18-12-16/h5,7,11-15,17,19H,4,6,8-10H2,1-3H3/t14-,15?,17?/m0/s1. The summed E-state index contributed by atoms with van der Waals surface area (Å²) < 4.78 is 0. The molecule has 1 aliphatic rings. The van der Waals surface area contributed by atoms with Crippen LogP contribution in [0.2, 0.25) is 0 Å². The van der Waals surface area contributed by atoms with Crippen LogP contribution < -0.4 is 5.32 Å². The molecule has 2 nitrogen and oxygen atoms in total. The van der Waals surface area contributed by atoms with E-state index in [4.69, 9.17) is 0 Å². The maximum atomic E-state index is 4.21. The lowest BCUT2D eigenvalue weighted by Gasteiger charge is -2.23. The summed E-state index contributed by atoms with van der Waals surface area (Å²) >= 11 is 0. The van der Waals surface area contributed by atoms with Gasteiger partial charge in [-0.3, -0.25) is 4.98 Å². The molecule has 1 fully saturated rings. The van der Waals surface area contributed by atoms with Crippen LogP contribution in [-0.4, -0.2) is 11.0 Å². The van der Waals surface area contributed by atoms with Crippen LogP contribution in [0.4, 0.5) is 0 Å². The van der Waals surface area contributed by atoms with E-state index in [2.05, 4.69) is 37.1 Å². The van der Waals surface area contributed by atoms with Gasteiger partial charge in [-0.05, 0) is 49.7 Å². The highest BCUT2D eigenvalue weighted by atomic mass is 14.9. The second kappa shape index (κ2) is 7.04. The van der Waals surface area contributed by atoms with Gasteiger partial charge in [0, 0.05) is 24.5 Å². The number of nitrogens with zero attached hydrogens (tertiary/aromatic N) is 1. The fourth-order valence-corrected chi connectivity index (χ4v) is 3.25. The van der Waals surface area contributed by atoms with Crippen LogP contribution in [-0.2, 0) is 0 Å². The van der Waals surface area contributed by atoms with Crippen LogP contribution in [0.5, 0.6) is 0 Å². The zero-order valence-electron chi connectivity index (χ0n) is 12.6. The van der Waals surface area contributed by atoms with E-state index in [-0.39, 0.29) is 0 Å². The van der Waals surface area contributed by atoms with Gasteiger partial charge in [-0.25, -0.2) is 0 Å². The van der Waals surface area contributed by atoms with Crippen molar-refractivity contribution < 1.29 is 0 Å². The molecular weight excluding hydrogens is 232 g/mol. The van der Waals surface area contributed by atoms with Crippen molar-refractivity contribution in [3.8, 4) is 0 Å². The van der Waals surface area contributed by atoms with Gasteiger partial charge in [-0.2, -0.15) is 0 Å². The second-order valence-corrected chi connectivity index (χ2v) is 6.38. The summed E-state index contributed by atoms with van der Waals surface area (Å²) in [6, 6.07) is 5.28. The van der Waals surface area contributed by atoms with E-state index in [1.165, 1.54) is 37.7 Å². The molecule has 1 N–H and O–H groups in total. The Morgan fingerprint density at radius 3 is 2.68 bits per heavy atom. The molecular formula is C17H28N2. The molecule has 0 saturated heterocycles. The Morgan fingerprint density at radius 2 is 2.00 bits per heavy atom. The van der Waals surface area contributed by atoms with Crippen LogP contribution in [0.25, 0.3) is 0 Å². The molecule has 2 heteroatoms. The molecule has 0 amide bonds. The minimum atomic E-state index is 0.411. The molecule has 1 aromatic rings. The van der Waals surface area contributed by atoms with Crippen molar-refractivity contribution in [1.82, 2.24) is 10.3 Å². The third-order valence-corrected chi connectivity index (χ3v) is 4.63. The monoisotopic (exact) mass is 260 g/mol. The van der Waals surface area contributed by atoms with Crippen molar-refractivity contribution in [2.24, 2.45) is 11.8 Å². The smallest absolute Gasteiger partial charge is 0.0315 e. The average molecular weight is 260 g/mol. The first-order chi connectivity index (χ1) is 9.16. The minimum Gasteiger partial charge on any atom is -0.307 e. The highest BCUT2D eigenvalue weighted by molar-refractivity contribution is 5.13. The number of aromatic nitrogens is 1. The molecule has 1 aliphatic carbocycles. The van der Waals surface area contributed by atoms with Gasteiger partial charge >= 0.3 is 0 Å². The first kappa shape index (κ1) is 14.5. The molecule has 106 valence electrons. The highest BCUT2D eigenvalue weighted by Crippen LogP contribution is 2.29. The Hall–Kier alpha value is -0.890. The van der Waals surface area contributed by atoms with E-state index in [1.807, 2.05) is 18.5 Å². The van der Waals surface area contributed by atoms with Gasteiger partial charge in [0.15, 0.2) is 0 Å². The topological polar surface area (TPSA) is 24.9 Å². The maximum absolute atomic E-state index is 4.21. The third-order valence-electron chi connectivity index (χ3n) is 4.63. The van der Waals surface area contributed by atoms with Crippen LogP contribution in [0.1, 0.15) is 64.5 Å². The lowest BCUT2D eigenvalue weighted by Crippen LogP contribution is -2.31. The predicted octanol–water partition coefficient (Wildman–Crippen LogP) is 4.34. The fraction of sp³-hybridized carbons (Fsp3) is 0.706. The summed E-state index contributed by atoms with van der Waals surface area (Å²) in [5.74, 6) is 1.77. The van der Waals surface area contributed by atoms with Crippen molar-refractivity contribution in [3.63, 3.8) is 0 Å². The number of nitrogens with one attached hydrogen (secondary N) is 1. The molecule has 19 heavy (non-hydrogen) atoms. The molecule has 1 aromatic heterocycles. The van der Waals surface area contributed by atoms with Gasteiger partial charge in [-0.1, -0.05) is 32.8 Å². The molecule has 0 bridgehead atoms. The second-order valence-electron chi connectivity index (χ2n) is 6.38. The molecule has 2 unspecified atom stereocenters. The van der Waals surface area contributed by atoms with E-state index in [9.17, 15) is 0 Å². The molecule has 3 atom stereocenters. The van der Waals surface area contributed by atoms with E-state index in [1.54, 1.807) is 0 Å². The molecule has 0 aromatic carbocycles. The molecule has 2 rings (SSSR count). The number of pyridine rings is 1. The lowest BCUT2D eigenvalue weighted by molar-refractivity contribution is 0.335. The molecule has 0 spiro atoms. The SMILES string of the molecule is CC(C)C1CCCC(N[C@@H](C)c2cccnc2)CC1. The van der Waals surface area contributed by atoms with Crippen LogP contribution in [0.3, 0.4) is 0 Å². The van der Waals surface area contributed by atoms with Crippen molar-refractivity contribution in [2.75, 3.05) is 0 Å². The Bertz CT molecular complexity index is 361. The Labute approximate surface area is 118 Å². The zero-order chi connectivity index (χ0) is 13.7. The van der Waals surface area contributed by atoms with Gasteiger partial charge in [0.1, 0.15) is 0 Å². The van der Waals surface area contributed by atoms with E-state index >= 15 is 0 Å². The zero-order valence-corrected chi connectivity index (χ0v) is 12.6. The first-order valence-corrected chi connectivity index (χ1v) is 7.82. The van der Waals surface area contributed by atoms with Gasteiger partial charge in [0.2, 0.25) is 0 Å². The fourth-order valence-electron chi connectivity index (χ4n) is 3.25. The first-order valence-electron chi connectivity index (χ1n) is 7.82. The number of hydrogen-bond donors (Lipinski definition) is 1. The van der Waals surface area contributed by atoms with E-state index in [0.717, 1.165) is 11.8 Å². The number of rotatable bonds is 4. The summed E-state index contributed by atoms with van der Waals surface area (Å²) in [7, 11) is 0. The number of hydrogen-bond acceptors (Lipinski definition) is 2. The quantitative estimate of drug-likeness (QED) is 0.815. The average Bonchev–Trinajstić information content (AvgIpc) is 2.65. The molecule has 1 heterocycles. The third kappa shape index (κ3) is 4.31. The minimum absolute atomic E-state index is 0.411. The van der Waals surface area contributed by atoms with Crippen LogP contribution in [0.15, 0.2) is 24.5 Å². The van der Waals surface area contributed by atoms with Crippen molar-refractivity contribution in [2.45, 2.75) is 65.0 Å². The summed E-state index contributed by atoms with van der Waals surface area (Å²) in [4.78, 5) is 4.21. The van der Waals surface area contributed by atoms with Crippen molar-refractivity contribution in [3.05, 3.63) is 30.1 Å². The Morgan fingerprint density at radius 1 is 1.16 bits per heavy atom.